The van der Waals surface area contributed by atoms with Gasteiger partial charge in [0.2, 0.25) is 5.58 Å². The molecule has 0 spiro atoms. The fourth-order valence-electron chi connectivity index (χ4n) is 1.92. The van der Waals surface area contributed by atoms with E-state index in [0.717, 1.165) is 0 Å². The van der Waals surface area contributed by atoms with E-state index in [4.69, 9.17) is 9.15 Å². The lowest BCUT2D eigenvalue weighted by atomic mass is 10.2. The van der Waals surface area contributed by atoms with E-state index >= 15 is 0 Å². The minimum absolute atomic E-state index is 0.126. The summed E-state index contributed by atoms with van der Waals surface area (Å²) in [6, 6.07) is 7.05. The molecule has 104 valence electrons. The number of fused-ring (bicyclic) bond motifs is 3. The summed E-state index contributed by atoms with van der Waals surface area (Å²) in [6.07, 6.45) is -4.43. The normalized spacial score (nSPS) is 12.2. The molecule has 20 heavy (non-hydrogen) atoms. The number of benzene rings is 1. The number of para-hydroxylation sites is 1. The van der Waals surface area contributed by atoms with Gasteiger partial charge in [0.1, 0.15) is 16.9 Å². The van der Waals surface area contributed by atoms with Crippen LogP contribution in [-0.4, -0.2) is 22.8 Å². The molecule has 7 heteroatoms. The van der Waals surface area contributed by atoms with Gasteiger partial charge in [0.05, 0.1) is 0 Å². The van der Waals surface area contributed by atoms with Crippen LogP contribution in [0.1, 0.15) is 5.82 Å². The van der Waals surface area contributed by atoms with Gasteiger partial charge in [-0.15, -0.1) is 0 Å². The predicted molar refractivity (Wildman–Crippen MR) is 65.6 cm³/mol. The van der Waals surface area contributed by atoms with Crippen molar-refractivity contribution in [2.75, 3.05) is 6.61 Å². The zero-order valence-electron chi connectivity index (χ0n) is 10.4. The average molecular weight is 282 g/mol. The summed E-state index contributed by atoms with van der Waals surface area (Å²) < 4.78 is 47.0. The van der Waals surface area contributed by atoms with E-state index < -0.39 is 12.8 Å². The molecule has 0 aliphatic heterocycles. The number of aryl methyl sites for hydroxylation is 1. The summed E-state index contributed by atoms with van der Waals surface area (Å²) >= 11 is 0. The van der Waals surface area contributed by atoms with Crippen LogP contribution >= 0.6 is 0 Å². The molecular weight excluding hydrogens is 273 g/mol. The summed E-state index contributed by atoms with van der Waals surface area (Å²) in [7, 11) is 0. The number of furan rings is 1. The highest BCUT2D eigenvalue weighted by Crippen LogP contribution is 2.32. The third kappa shape index (κ3) is 2.26. The second-order valence-electron chi connectivity index (χ2n) is 4.26. The number of hydrogen-bond acceptors (Lipinski definition) is 4. The Hall–Kier alpha value is -2.31. The van der Waals surface area contributed by atoms with E-state index in [2.05, 4.69) is 9.97 Å². The van der Waals surface area contributed by atoms with Gasteiger partial charge in [-0.3, -0.25) is 0 Å². The van der Waals surface area contributed by atoms with E-state index in [1.807, 2.05) is 0 Å². The molecule has 0 fully saturated rings. The van der Waals surface area contributed by atoms with E-state index in [1.54, 1.807) is 31.2 Å². The van der Waals surface area contributed by atoms with Crippen molar-refractivity contribution in [1.82, 2.24) is 9.97 Å². The lowest BCUT2D eigenvalue weighted by Gasteiger charge is -2.08. The monoisotopic (exact) mass is 282 g/mol. The largest absolute Gasteiger partial charge is 0.465 e. The van der Waals surface area contributed by atoms with Gasteiger partial charge in [0.15, 0.2) is 6.61 Å². The van der Waals surface area contributed by atoms with Gasteiger partial charge < -0.3 is 9.15 Å². The van der Waals surface area contributed by atoms with E-state index in [9.17, 15) is 13.2 Å². The Bertz CT molecular complexity index is 780. The molecule has 0 saturated carbocycles. The minimum atomic E-state index is -4.43. The van der Waals surface area contributed by atoms with Crippen molar-refractivity contribution in [2.45, 2.75) is 13.1 Å². The second-order valence-corrected chi connectivity index (χ2v) is 4.26. The first kappa shape index (κ1) is 12.7. The molecule has 1 aromatic carbocycles. The average Bonchev–Trinajstić information content (AvgIpc) is 2.74. The zero-order valence-corrected chi connectivity index (χ0v) is 10.4. The Balaban J connectivity index is 2.16. The van der Waals surface area contributed by atoms with Crippen molar-refractivity contribution in [2.24, 2.45) is 0 Å². The van der Waals surface area contributed by atoms with E-state index in [0.29, 0.717) is 22.3 Å². The molecule has 0 aliphatic carbocycles. The van der Waals surface area contributed by atoms with Gasteiger partial charge in [-0.2, -0.15) is 18.2 Å². The maximum atomic E-state index is 12.2. The van der Waals surface area contributed by atoms with Crippen LogP contribution in [0.3, 0.4) is 0 Å². The number of halogens is 3. The summed E-state index contributed by atoms with van der Waals surface area (Å²) in [5.74, 6) is 0.127. The van der Waals surface area contributed by atoms with Gasteiger partial charge in [-0.05, 0) is 19.1 Å². The molecule has 0 aliphatic rings. The Labute approximate surface area is 111 Å². The number of ether oxygens (including phenoxy) is 1. The molecule has 3 aromatic rings. The standard InChI is InChI=1S/C13H9F3N2O2/c1-7-17-10-8-4-2-3-5-9(8)20-11(10)12(18-7)19-6-13(14,15)16/h2-5H,6H2,1H3. The summed E-state index contributed by atoms with van der Waals surface area (Å²) in [5, 5.41) is 0.713. The first-order valence-corrected chi connectivity index (χ1v) is 5.79. The van der Waals surface area contributed by atoms with Crippen molar-refractivity contribution in [3.05, 3.63) is 30.1 Å². The third-order valence-corrected chi connectivity index (χ3v) is 2.67. The number of rotatable bonds is 2. The van der Waals surface area contributed by atoms with Crippen LogP contribution in [0.4, 0.5) is 13.2 Å². The molecule has 0 unspecified atom stereocenters. The topological polar surface area (TPSA) is 48.2 Å². The number of alkyl halides is 3. The molecule has 3 rings (SSSR count). The Morgan fingerprint density at radius 3 is 2.70 bits per heavy atom. The summed E-state index contributed by atoms with van der Waals surface area (Å²) in [5.41, 5.74) is 1.10. The molecule has 0 N–H and O–H groups in total. The maximum absolute atomic E-state index is 12.2. The van der Waals surface area contributed by atoms with Crippen molar-refractivity contribution in [1.29, 1.82) is 0 Å². The Morgan fingerprint density at radius 1 is 1.20 bits per heavy atom. The van der Waals surface area contributed by atoms with Gasteiger partial charge in [0.25, 0.3) is 5.88 Å². The lowest BCUT2D eigenvalue weighted by molar-refractivity contribution is -0.153. The van der Waals surface area contributed by atoms with Crippen LogP contribution < -0.4 is 4.74 Å². The molecule has 0 saturated heterocycles. The van der Waals surface area contributed by atoms with Crippen molar-refractivity contribution in [3.8, 4) is 5.88 Å². The number of nitrogens with zero attached hydrogens (tertiary/aromatic N) is 2. The zero-order chi connectivity index (χ0) is 14.3. The van der Waals surface area contributed by atoms with Crippen LogP contribution in [0.5, 0.6) is 5.88 Å². The first-order valence-electron chi connectivity index (χ1n) is 5.79. The third-order valence-electron chi connectivity index (χ3n) is 2.67. The first-order chi connectivity index (χ1) is 9.44. The highest BCUT2D eigenvalue weighted by molar-refractivity contribution is 6.03. The number of hydrogen-bond donors (Lipinski definition) is 0. The van der Waals surface area contributed by atoms with Crippen LogP contribution in [0.25, 0.3) is 22.1 Å². The SMILES string of the molecule is Cc1nc(OCC(F)(F)F)c2oc3ccccc3c2n1. The molecule has 0 amide bonds. The van der Waals surface area contributed by atoms with Crippen LogP contribution in [0.15, 0.2) is 28.7 Å². The smallest absolute Gasteiger partial charge is 0.422 e. The van der Waals surface area contributed by atoms with E-state index in [-0.39, 0.29) is 11.5 Å². The van der Waals surface area contributed by atoms with Crippen LogP contribution in [0.2, 0.25) is 0 Å². The summed E-state index contributed by atoms with van der Waals surface area (Å²) in [6.45, 7) is 0.164. The fraction of sp³-hybridized carbons (Fsp3) is 0.231. The predicted octanol–water partition coefficient (Wildman–Crippen LogP) is 3.63. The molecule has 0 bridgehead atoms. The van der Waals surface area contributed by atoms with Crippen molar-refractivity contribution < 1.29 is 22.3 Å². The lowest BCUT2D eigenvalue weighted by Crippen LogP contribution is -2.19. The fourth-order valence-corrected chi connectivity index (χ4v) is 1.92. The Morgan fingerprint density at radius 2 is 1.95 bits per heavy atom. The summed E-state index contributed by atoms with van der Waals surface area (Å²) in [4.78, 5) is 8.08. The van der Waals surface area contributed by atoms with E-state index in [1.165, 1.54) is 0 Å². The highest BCUT2D eigenvalue weighted by atomic mass is 19.4. The molecule has 2 aromatic heterocycles. The van der Waals surface area contributed by atoms with Crippen LogP contribution in [-0.2, 0) is 0 Å². The maximum Gasteiger partial charge on any atom is 0.422 e. The molecule has 2 heterocycles. The van der Waals surface area contributed by atoms with Gasteiger partial charge in [0, 0.05) is 5.39 Å². The molecule has 4 nitrogen and oxygen atoms in total. The van der Waals surface area contributed by atoms with Gasteiger partial charge in [-0.1, -0.05) is 12.1 Å². The van der Waals surface area contributed by atoms with Crippen molar-refractivity contribution >= 4 is 22.1 Å². The van der Waals surface area contributed by atoms with Gasteiger partial charge in [-0.25, -0.2) is 4.98 Å². The molecule has 0 atom stereocenters. The number of aromatic nitrogens is 2. The van der Waals surface area contributed by atoms with Gasteiger partial charge >= 0.3 is 6.18 Å². The Kier molecular flexibility index (Phi) is 2.77. The minimum Gasteiger partial charge on any atom is -0.465 e. The second kappa shape index (κ2) is 4.36. The molecule has 0 radical (unpaired) electrons. The van der Waals surface area contributed by atoms with Crippen LogP contribution in [0, 0.1) is 6.92 Å². The van der Waals surface area contributed by atoms with Crippen molar-refractivity contribution in [3.63, 3.8) is 0 Å². The highest BCUT2D eigenvalue weighted by Gasteiger charge is 2.29. The molecular formula is C13H9F3N2O2. The quantitative estimate of drug-likeness (QED) is 0.720.